The highest BCUT2D eigenvalue weighted by Crippen LogP contribution is 2.38. The standard InChI is InChI=1S/C51H79NO13.CHF3O3S/c1-30-16-12-11-13-17-31(2)42(61-8)28-38-21-19-36(7)51(60,65-38)48(57)49(58)52-23-15-14-18-39(52)50(59)64-43(33(4)26-37-20-22-40(53)44(27-37)62-9)29-41(54)32(3)25-35(6)46(56)47(63-10)45(55)34(5)24-30;2-1(3,4)8(5,6)7/h11-13,16-17,25,30,32-34,36-40,42-44,46-47,53,56,60H,14-15,18-24,26-29H2,1-10H3;(H,5,6,7)/b13-11?,16-12+,31-17?,35-25+;/t30-,32-,33-,34-,36-,37+,38+,39+,40-,42+,43+,44-,46-,47+,51-;/m1./s1. The number of ether oxygens (including phenoxy) is 5. The Balaban J connectivity index is 0.00000161. The molecule has 416 valence electrons. The number of fused-ring (bicyclic) bond motifs is 3. The summed E-state index contributed by atoms with van der Waals surface area (Å²) in [6, 6.07) is -1.14. The average Bonchev–Trinajstić information content (AvgIpc) is 3.33. The number of esters is 1. The summed E-state index contributed by atoms with van der Waals surface area (Å²) in [7, 11) is -1.32. The Morgan fingerprint density at radius 1 is 0.863 bits per heavy atom. The molecule has 3 heterocycles. The summed E-state index contributed by atoms with van der Waals surface area (Å²) >= 11 is 0. The first-order chi connectivity index (χ1) is 34.0. The Bertz CT molecular complexity index is 2110. The van der Waals surface area contributed by atoms with Crippen LogP contribution >= 0.6 is 0 Å². The lowest BCUT2D eigenvalue weighted by atomic mass is 9.78. The first kappa shape index (κ1) is 63.6. The van der Waals surface area contributed by atoms with Gasteiger partial charge in [0.05, 0.1) is 24.4 Å². The number of carbonyl (C=O) groups excluding carboxylic acids is 5. The molecule has 21 heteroatoms. The van der Waals surface area contributed by atoms with Crippen molar-refractivity contribution < 1.29 is 89.1 Å². The molecule has 17 nitrogen and oxygen atoms in total. The largest absolute Gasteiger partial charge is 0.522 e. The van der Waals surface area contributed by atoms with E-state index in [1.165, 1.54) is 12.0 Å². The second-order valence-electron chi connectivity index (χ2n) is 20.5. The quantitative estimate of drug-likeness (QED) is 0.0721. The number of halogens is 3. The van der Waals surface area contributed by atoms with Gasteiger partial charge in [-0.1, -0.05) is 71.1 Å². The number of aliphatic hydroxyl groups is 3. The summed E-state index contributed by atoms with van der Waals surface area (Å²) < 4.78 is 86.9. The maximum absolute atomic E-state index is 14.4. The van der Waals surface area contributed by atoms with E-state index in [0.29, 0.717) is 63.4 Å². The van der Waals surface area contributed by atoms with Crippen LogP contribution in [0.25, 0.3) is 0 Å². The van der Waals surface area contributed by atoms with Crippen molar-refractivity contribution >= 4 is 39.3 Å². The van der Waals surface area contributed by atoms with Crippen LogP contribution in [0.15, 0.2) is 47.6 Å². The highest BCUT2D eigenvalue weighted by molar-refractivity contribution is 7.86. The number of hydrogen-bond donors (Lipinski definition) is 4. The van der Waals surface area contributed by atoms with Crippen molar-refractivity contribution in [3.05, 3.63) is 47.6 Å². The molecule has 0 unspecified atom stereocenters. The molecule has 0 aromatic heterocycles. The van der Waals surface area contributed by atoms with E-state index in [-0.39, 0.29) is 54.8 Å². The summed E-state index contributed by atoms with van der Waals surface area (Å²) in [5.41, 5.74) is -4.27. The van der Waals surface area contributed by atoms with Gasteiger partial charge >= 0.3 is 21.6 Å². The highest BCUT2D eigenvalue weighted by Gasteiger charge is 2.53. The van der Waals surface area contributed by atoms with E-state index >= 15 is 0 Å². The zero-order chi connectivity index (χ0) is 55.2. The van der Waals surface area contributed by atoms with Crippen molar-refractivity contribution in [2.75, 3.05) is 27.9 Å². The van der Waals surface area contributed by atoms with Gasteiger partial charge < -0.3 is 43.9 Å². The fraction of sp³-hybridized carbons (Fsp3) is 0.750. The van der Waals surface area contributed by atoms with Gasteiger partial charge in [0.2, 0.25) is 5.79 Å². The first-order valence-electron chi connectivity index (χ1n) is 25.2. The van der Waals surface area contributed by atoms with Crippen LogP contribution < -0.4 is 0 Å². The molecule has 15 atom stereocenters. The van der Waals surface area contributed by atoms with Gasteiger partial charge in [-0.2, -0.15) is 21.6 Å². The molecule has 4 rings (SSSR count). The van der Waals surface area contributed by atoms with Gasteiger partial charge in [-0.25, -0.2) is 4.79 Å². The Labute approximate surface area is 428 Å². The van der Waals surface area contributed by atoms with E-state index < -0.39 is 99.5 Å². The lowest BCUT2D eigenvalue weighted by Gasteiger charge is -2.42. The van der Waals surface area contributed by atoms with Crippen molar-refractivity contribution in [3.8, 4) is 0 Å². The summed E-state index contributed by atoms with van der Waals surface area (Å²) in [5.74, 6) is -7.96. The first-order valence-corrected chi connectivity index (χ1v) is 26.7. The molecule has 1 saturated carbocycles. The second kappa shape index (κ2) is 28.5. The van der Waals surface area contributed by atoms with Gasteiger partial charge in [0, 0.05) is 58.5 Å². The molecule has 0 aromatic rings. The van der Waals surface area contributed by atoms with Crippen molar-refractivity contribution in [3.63, 3.8) is 0 Å². The Morgan fingerprint density at radius 2 is 1.52 bits per heavy atom. The highest BCUT2D eigenvalue weighted by atomic mass is 32.2. The maximum atomic E-state index is 14.4. The number of hydrogen-bond acceptors (Lipinski definition) is 15. The number of alkyl halides is 3. The van der Waals surface area contributed by atoms with Gasteiger partial charge in [-0.15, -0.1) is 0 Å². The number of aliphatic hydroxyl groups excluding tert-OH is 2. The number of piperidine rings is 1. The molecule has 4 N–H and O–H groups in total. The molecule has 0 radical (unpaired) electrons. The van der Waals surface area contributed by atoms with Gasteiger partial charge in [0.1, 0.15) is 30.1 Å². The number of methoxy groups -OCH3 is 3. The third-order valence-electron chi connectivity index (χ3n) is 14.8. The fourth-order valence-corrected chi connectivity index (χ4v) is 10.1. The molecule has 1 amide bonds. The molecule has 2 bridgehead atoms. The van der Waals surface area contributed by atoms with E-state index in [1.54, 1.807) is 41.1 Å². The monoisotopic (exact) mass is 1060 g/mol. The minimum Gasteiger partial charge on any atom is -0.460 e. The number of amides is 1. The smallest absolute Gasteiger partial charge is 0.460 e. The van der Waals surface area contributed by atoms with Crippen LogP contribution in [0.2, 0.25) is 0 Å². The van der Waals surface area contributed by atoms with Gasteiger partial charge in [0.25, 0.3) is 11.7 Å². The number of carbonyl (C=O) groups is 5. The van der Waals surface area contributed by atoms with Crippen molar-refractivity contribution in [2.24, 2.45) is 35.5 Å². The van der Waals surface area contributed by atoms with Crippen LogP contribution in [0.5, 0.6) is 0 Å². The lowest BCUT2D eigenvalue weighted by molar-refractivity contribution is -0.265. The molecule has 73 heavy (non-hydrogen) atoms. The molecule has 2 saturated heterocycles. The van der Waals surface area contributed by atoms with E-state index in [9.17, 15) is 52.5 Å². The normalized spacial score (nSPS) is 36.4. The number of rotatable bonds is 6. The Morgan fingerprint density at radius 3 is 2.12 bits per heavy atom. The molecule has 4 aliphatic rings. The summed E-state index contributed by atoms with van der Waals surface area (Å²) in [6.07, 6.45) is 11.2. The Kier molecular flexibility index (Phi) is 24.8. The van der Waals surface area contributed by atoms with Crippen LogP contribution in [-0.4, -0.2) is 150 Å². The SMILES string of the molecule is CO[C@H]1C[C@@H]2CC[C@@H](C)[C@@](O)(O2)C(=O)C(=O)N2CCCC[C@H]2C(=O)O[C@H]([C@H](C)C[C@@H]2CC[C@@H](O)[C@H](OC)C2)CC(=O)[C@H](C)/C=C(\C)[C@@H](O)[C@@H](OC)C(=O)[C@H](C)C[C@H](C)/C=C/C=CC=C1C.O=S(=O)(O)C(F)(F)F. The molecular weight excluding hydrogens is 984 g/mol. The Hall–Kier alpha value is -3.67. The van der Waals surface area contributed by atoms with Crippen molar-refractivity contribution in [1.82, 2.24) is 4.90 Å². The predicted octanol–water partition coefficient (Wildman–Crippen LogP) is 6.57. The van der Waals surface area contributed by atoms with E-state index in [1.807, 2.05) is 58.1 Å². The number of nitrogens with zero attached hydrogens (tertiary/aromatic N) is 1. The molecule has 3 aliphatic heterocycles. The maximum Gasteiger partial charge on any atom is 0.522 e. The van der Waals surface area contributed by atoms with E-state index in [0.717, 1.165) is 12.0 Å². The van der Waals surface area contributed by atoms with Gasteiger partial charge in [0.15, 0.2) is 5.78 Å². The zero-order valence-electron chi connectivity index (χ0n) is 43.9. The number of allylic oxidation sites excluding steroid dienone is 6. The summed E-state index contributed by atoms with van der Waals surface area (Å²) in [5, 5.41) is 33.8. The third kappa shape index (κ3) is 18.0. The average molecular weight is 1060 g/mol. The van der Waals surface area contributed by atoms with Crippen molar-refractivity contribution in [1.29, 1.82) is 0 Å². The van der Waals surface area contributed by atoms with E-state index in [2.05, 4.69) is 0 Å². The predicted molar refractivity (Wildman–Crippen MR) is 263 cm³/mol. The van der Waals surface area contributed by atoms with Crippen LogP contribution in [-0.2, 0) is 57.8 Å². The summed E-state index contributed by atoms with van der Waals surface area (Å²) in [4.78, 5) is 71.8. The minimum absolute atomic E-state index is 0.0193. The van der Waals surface area contributed by atoms with E-state index in [4.69, 9.17) is 36.7 Å². The molecule has 0 spiro atoms. The number of Topliss-reactive ketones (excluding diaryl/α,β-unsaturated/α-hetero) is 3. The van der Waals surface area contributed by atoms with Crippen LogP contribution in [0.1, 0.15) is 126 Å². The third-order valence-corrected chi connectivity index (χ3v) is 15.4. The van der Waals surface area contributed by atoms with Gasteiger partial charge in [-0.05, 0) is 107 Å². The number of ketones is 3. The van der Waals surface area contributed by atoms with Crippen LogP contribution in [0.3, 0.4) is 0 Å². The van der Waals surface area contributed by atoms with Crippen molar-refractivity contribution in [2.45, 2.75) is 186 Å². The second-order valence-corrected chi connectivity index (χ2v) is 21.9. The van der Waals surface area contributed by atoms with Crippen LogP contribution in [0.4, 0.5) is 13.2 Å². The van der Waals surface area contributed by atoms with Crippen LogP contribution in [0, 0.1) is 35.5 Å². The minimum atomic E-state index is -5.84. The zero-order valence-corrected chi connectivity index (χ0v) is 44.7. The topological polar surface area (TPSA) is 250 Å². The lowest BCUT2D eigenvalue weighted by Crippen LogP contribution is -2.61. The fourth-order valence-electron chi connectivity index (χ4n) is 10.1. The number of cyclic esters (lactones) is 1. The summed E-state index contributed by atoms with van der Waals surface area (Å²) in [6.45, 7) is 12.7. The molecule has 1 aliphatic carbocycles. The molecule has 0 aromatic carbocycles. The van der Waals surface area contributed by atoms with Gasteiger partial charge in [-0.3, -0.25) is 23.7 Å². The molecule has 3 fully saturated rings. The molecular formula is C52H80F3NO16S.